The van der Waals surface area contributed by atoms with Gasteiger partial charge in [-0.1, -0.05) is 6.07 Å². The van der Waals surface area contributed by atoms with Crippen molar-refractivity contribution in [3.05, 3.63) is 58.0 Å². The molecule has 1 heterocycles. The maximum Gasteiger partial charge on any atom is 0.420 e. The van der Waals surface area contributed by atoms with Crippen molar-refractivity contribution in [2.45, 2.75) is 6.18 Å². The first-order valence-corrected chi connectivity index (χ1v) is 10.7. The average molecular weight is 505 g/mol. The molecule has 0 radical (unpaired) electrons. The number of carbonyl (C=O) groups is 2. The smallest absolute Gasteiger partial charge is 0.420 e. The van der Waals surface area contributed by atoms with Gasteiger partial charge < -0.3 is 25.8 Å². The third-order valence-electron chi connectivity index (χ3n) is 4.44. The molecule has 3 amide bonds. The van der Waals surface area contributed by atoms with Crippen LogP contribution in [0.1, 0.15) is 16.7 Å². The monoisotopic (exact) mass is 505 g/mol. The third-order valence-corrected chi connectivity index (χ3v) is 5.38. The summed E-state index contributed by atoms with van der Waals surface area (Å²) in [5, 5.41) is 14.2. The predicted octanol–water partition coefficient (Wildman–Crippen LogP) is 3.61. The van der Waals surface area contributed by atoms with Gasteiger partial charge >= 0.3 is 12.2 Å². The molecule has 182 valence electrons. The molecule has 1 saturated heterocycles. The van der Waals surface area contributed by atoms with E-state index >= 15 is 0 Å². The highest BCUT2D eigenvalue weighted by atomic mass is 32.2. The Morgan fingerprint density at radius 3 is 2.66 bits per heavy atom. The molecule has 9 nitrogen and oxygen atoms in total. The van der Waals surface area contributed by atoms with E-state index in [0.717, 1.165) is 17.8 Å². The number of methoxy groups -OCH3 is 1. The van der Waals surface area contributed by atoms with Gasteiger partial charge in [-0.2, -0.15) is 18.4 Å². The fraction of sp³-hybridized carbons (Fsp3) is 0.182. The summed E-state index contributed by atoms with van der Waals surface area (Å²) in [5.74, 6) is -0.731. The SMILES string of the molecule is COc1cc(/C=C2\SC(=NCCNC(N)=O)NC2=O)ccc1Oc1ccc(C#N)cc1C(F)(F)F. The van der Waals surface area contributed by atoms with Crippen LogP contribution in [-0.2, 0) is 11.0 Å². The van der Waals surface area contributed by atoms with Gasteiger partial charge in [-0.3, -0.25) is 9.79 Å². The van der Waals surface area contributed by atoms with Crippen molar-refractivity contribution in [2.24, 2.45) is 10.7 Å². The number of benzene rings is 2. The van der Waals surface area contributed by atoms with Crippen LogP contribution in [0.2, 0.25) is 0 Å². The van der Waals surface area contributed by atoms with Crippen LogP contribution in [0.25, 0.3) is 6.08 Å². The lowest BCUT2D eigenvalue weighted by Gasteiger charge is -2.16. The molecule has 0 aromatic heterocycles. The van der Waals surface area contributed by atoms with Gasteiger partial charge in [0.1, 0.15) is 5.75 Å². The molecule has 0 atom stereocenters. The number of thioether (sulfide) groups is 1. The quantitative estimate of drug-likeness (QED) is 0.388. The number of ether oxygens (including phenoxy) is 2. The van der Waals surface area contributed by atoms with Gasteiger partial charge in [0.15, 0.2) is 16.7 Å². The number of hydrogen-bond donors (Lipinski definition) is 3. The Morgan fingerprint density at radius 2 is 2.00 bits per heavy atom. The molecule has 35 heavy (non-hydrogen) atoms. The molecule has 0 spiro atoms. The number of nitrogens with one attached hydrogen (secondary N) is 2. The normalized spacial score (nSPS) is 15.6. The summed E-state index contributed by atoms with van der Waals surface area (Å²) in [5.41, 5.74) is 4.25. The summed E-state index contributed by atoms with van der Waals surface area (Å²) >= 11 is 1.08. The number of nitrogens with two attached hydrogens (primary N) is 1. The lowest BCUT2D eigenvalue weighted by molar-refractivity contribution is -0.138. The Morgan fingerprint density at radius 1 is 1.26 bits per heavy atom. The minimum atomic E-state index is -4.73. The lowest BCUT2D eigenvalue weighted by Crippen LogP contribution is -2.31. The average Bonchev–Trinajstić information content (AvgIpc) is 3.15. The Balaban J connectivity index is 1.80. The molecule has 0 saturated carbocycles. The van der Waals surface area contributed by atoms with Crippen LogP contribution in [0, 0.1) is 11.3 Å². The van der Waals surface area contributed by atoms with Gasteiger partial charge in [0.25, 0.3) is 5.91 Å². The van der Waals surface area contributed by atoms with Crippen LogP contribution in [0.3, 0.4) is 0 Å². The number of halogens is 3. The number of alkyl halides is 3. The Bertz CT molecular complexity index is 1250. The number of carbonyl (C=O) groups excluding carboxylic acids is 2. The highest BCUT2D eigenvalue weighted by molar-refractivity contribution is 8.18. The summed E-state index contributed by atoms with van der Waals surface area (Å²) in [4.78, 5) is 27.4. The molecule has 0 bridgehead atoms. The fourth-order valence-corrected chi connectivity index (χ4v) is 3.72. The molecule has 2 aromatic rings. The fourth-order valence-electron chi connectivity index (χ4n) is 2.88. The van der Waals surface area contributed by atoms with Gasteiger partial charge in [-0.05, 0) is 53.7 Å². The van der Waals surface area contributed by atoms with Crippen molar-refractivity contribution in [1.82, 2.24) is 10.6 Å². The number of primary amides is 1. The van der Waals surface area contributed by atoms with Crippen molar-refractivity contribution >= 4 is 34.9 Å². The highest BCUT2D eigenvalue weighted by Crippen LogP contribution is 2.41. The van der Waals surface area contributed by atoms with E-state index < -0.39 is 23.5 Å². The summed E-state index contributed by atoms with van der Waals surface area (Å²) < 4.78 is 51.1. The zero-order valence-electron chi connectivity index (χ0n) is 18.1. The summed E-state index contributed by atoms with van der Waals surface area (Å²) in [7, 11) is 1.32. The number of rotatable bonds is 7. The molecule has 4 N–H and O–H groups in total. The van der Waals surface area contributed by atoms with E-state index in [1.165, 1.54) is 25.3 Å². The maximum absolute atomic E-state index is 13.4. The maximum atomic E-state index is 13.4. The minimum absolute atomic E-state index is 0.0117. The Kier molecular flexibility index (Phi) is 7.87. The second-order valence-corrected chi connectivity index (χ2v) is 7.91. The van der Waals surface area contributed by atoms with E-state index in [9.17, 15) is 22.8 Å². The van der Waals surface area contributed by atoms with Gasteiger partial charge in [-0.25, -0.2) is 4.79 Å². The van der Waals surface area contributed by atoms with Crippen LogP contribution in [-0.4, -0.2) is 37.3 Å². The van der Waals surface area contributed by atoms with E-state index in [2.05, 4.69) is 15.6 Å². The van der Waals surface area contributed by atoms with Crippen molar-refractivity contribution < 1.29 is 32.2 Å². The number of hydrogen-bond acceptors (Lipinski definition) is 7. The number of amidine groups is 1. The van der Waals surface area contributed by atoms with Crippen molar-refractivity contribution in [2.75, 3.05) is 20.2 Å². The van der Waals surface area contributed by atoms with E-state index in [0.29, 0.717) is 21.7 Å². The molecular formula is C22H18F3N5O4S. The zero-order valence-corrected chi connectivity index (χ0v) is 18.9. The molecule has 2 aromatic carbocycles. The summed E-state index contributed by atoms with van der Waals surface area (Å²) in [6.07, 6.45) is -3.18. The summed E-state index contributed by atoms with van der Waals surface area (Å²) in [6.45, 7) is 0.427. The first-order chi connectivity index (χ1) is 16.6. The second kappa shape index (κ2) is 10.8. The molecular weight excluding hydrogens is 487 g/mol. The Labute approximate surface area is 201 Å². The minimum Gasteiger partial charge on any atom is -0.493 e. The number of amides is 3. The molecule has 13 heteroatoms. The van der Waals surface area contributed by atoms with Gasteiger partial charge in [0, 0.05) is 6.54 Å². The third kappa shape index (κ3) is 6.67. The molecule has 1 fully saturated rings. The first kappa shape index (κ1) is 25.4. The van der Waals surface area contributed by atoms with Gasteiger partial charge in [0.2, 0.25) is 0 Å². The van der Waals surface area contributed by atoms with Crippen LogP contribution in [0.4, 0.5) is 18.0 Å². The molecule has 0 aliphatic carbocycles. The van der Waals surface area contributed by atoms with Crippen molar-refractivity contribution in [3.63, 3.8) is 0 Å². The van der Waals surface area contributed by atoms with E-state index in [1.54, 1.807) is 18.2 Å². The zero-order chi connectivity index (χ0) is 25.6. The van der Waals surface area contributed by atoms with Crippen molar-refractivity contribution in [3.8, 4) is 23.3 Å². The molecule has 1 aliphatic heterocycles. The standard InChI is InChI=1S/C22H18F3N5O4S/c1-33-17-9-12(10-18-19(31)30-21(35-18)29-7-6-28-20(27)32)2-5-16(17)34-15-4-3-13(11-26)8-14(15)22(23,24)25/h2-5,8-10H,6-7H2,1H3,(H3,27,28,32)(H,29,30,31)/b18-10-. The van der Waals surface area contributed by atoms with Crippen LogP contribution in [0.15, 0.2) is 46.3 Å². The predicted molar refractivity (Wildman–Crippen MR) is 123 cm³/mol. The van der Waals surface area contributed by atoms with E-state index in [4.69, 9.17) is 20.5 Å². The molecule has 1 aliphatic rings. The lowest BCUT2D eigenvalue weighted by atomic mass is 10.1. The molecule has 0 unspecified atom stereocenters. The van der Waals surface area contributed by atoms with E-state index in [-0.39, 0.29) is 36.1 Å². The highest BCUT2D eigenvalue weighted by Gasteiger charge is 2.35. The molecule has 3 rings (SSSR count). The summed E-state index contributed by atoms with van der Waals surface area (Å²) in [6, 6.07) is 8.43. The topological polar surface area (TPSA) is 139 Å². The largest absolute Gasteiger partial charge is 0.493 e. The van der Waals surface area contributed by atoms with Crippen LogP contribution in [0.5, 0.6) is 17.2 Å². The first-order valence-electron chi connectivity index (χ1n) is 9.86. The number of urea groups is 1. The second-order valence-electron chi connectivity index (χ2n) is 6.88. The van der Waals surface area contributed by atoms with Crippen LogP contribution >= 0.6 is 11.8 Å². The number of aliphatic imine (C=N–C) groups is 1. The Hall–Kier alpha value is -4.18. The van der Waals surface area contributed by atoms with Gasteiger partial charge in [-0.15, -0.1) is 0 Å². The number of nitriles is 1. The number of nitrogens with zero attached hydrogens (tertiary/aromatic N) is 2. The van der Waals surface area contributed by atoms with E-state index in [1.807, 2.05) is 0 Å². The van der Waals surface area contributed by atoms with Gasteiger partial charge in [0.05, 0.1) is 35.8 Å². The van der Waals surface area contributed by atoms with Crippen LogP contribution < -0.4 is 25.8 Å². The van der Waals surface area contributed by atoms with Crippen molar-refractivity contribution in [1.29, 1.82) is 5.26 Å².